The first-order chi connectivity index (χ1) is 9.78. The van der Waals surface area contributed by atoms with Crippen LogP contribution in [-0.4, -0.2) is 22.2 Å². The van der Waals surface area contributed by atoms with Crippen LogP contribution in [0.15, 0.2) is 47.2 Å². The van der Waals surface area contributed by atoms with E-state index < -0.39 is 0 Å². The minimum absolute atomic E-state index is 0.505. The molecule has 2 heterocycles. The van der Waals surface area contributed by atoms with E-state index in [0.717, 1.165) is 22.4 Å². The van der Waals surface area contributed by atoms with Crippen molar-refractivity contribution < 1.29 is 4.52 Å². The maximum Gasteiger partial charge on any atom is 0.258 e. The maximum absolute atomic E-state index is 5.32. The normalized spacial score (nSPS) is 10.5. The van der Waals surface area contributed by atoms with Gasteiger partial charge in [0, 0.05) is 36.3 Å². The van der Waals surface area contributed by atoms with Crippen LogP contribution in [0.5, 0.6) is 0 Å². The van der Waals surface area contributed by atoms with Crippen LogP contribution >= 0.6 is 0 Å². The molecule has 1 aromatic carbocycles. The van der Waals surface area contributed by atoms with E-state index >= 15 is 0 Å². The van der Waals surface area contributed by atoms with E-state index in [0.29, 0.717) is 11.7 Å². The molecule has 1 N–H and O–H groups in total. The third-order valence-electron chi connectivity index (χ3n) is 3.13. The van der Waals surface area contributed by atoms with Crippen LogP contribution in [-0.2, 0) is 0 Å². The van der Waals surface area contributed by atoms with Crippen LogP contribution in [0, 0.1) is 6.92 Å². The summed E-state index contributed by atoms with van der Waals surface area (Å²) in [5, 5.41) is 7.09. The van der Waals surface area contributed by atoms with Crippen molar-refractivity contribution >= 4 is 5.69 Å². The number of hydrogen-bond donors (Lipinski definition) is 1. The number of aryl methyl sites for hydroxylation is 1. The molecule has 100 valence electrons. The summed E-state index contributed by atoms with van der Waals surface area (Å²) in [5.74, 6) is 1.06. The molecule has 5 nitrogen and oxygen atoms in total. The van der Waals surface area contributed by atoms with Crippen LogP contribution in [0.3, 0.4) is 0 Å². The summed E-state index contributed by atoms with van der Waals surface area (Å²) in [6.07, 6.45) is 3.49. The van der Waals surface area contributed by atoms with Crippen molar-refractivity contribution in [3.05, 3.63) is 48.3 Å². The molecular weight excluding hydrogens is 252 g/mol. The molecule has 2 aromatic heterocycles. The third kappa shape index (κ3) is 2.25. The lowest BCUT2D eigenvalue weighted by molar-refractivity contribution is 0.432. The van der Waals surface area contributed by atoms with Crippen molar-refractivity contribution in [3.63, 3.8) is 0 Å². The van der Waals surface area contributed by atoms with Crippen LogP contribution in [0.25, 0.3) is 22.8 Å². The molecule has 0 saturated heterocycles. The molecule has 3 aromatic rings. The Labute approximate surface area is 116 Å². The Bertz CT molecular complexity index is 719. The van der Waals surface area contributed by atoms with Gasteiger partial charge in [-0.2, -0.15) is 4.98 Å². The van der Waals surface area contributed by atoms with E-state index in [9.17, 15) is 0 Å². The predicted molar refractivity (Wildman–Crippen MR) is 77.2 cm³/mol. The van der Waals surface area contributed by atoms with Gasteiger partial charge >= 0.3 is 0 Å². The number of pyridine rings is 1. The van der Waals surface area contributed by atoms with Gasteiger partial charge in [-0.15, -0.1) is 0 Å². The van der Waals surface area contributed by atoms with E-state index in [1.165, 1.54) is 0 Å². The summed E-state index contributed by atoms with van der Waals surface area (Å²) in [5.41, 5.74) is 3.88. The van der Waals surface area contributed by atoms with Crippen molar-refractivity contribution in [2.75, 3.05) is 12.4 Å². The first kappa shape index (κ1) is 12.3. The van der Waals surface area contributed by atoms with E-state index in [-0.39, 0.29) is 0 Å². The van der Waals surface area contributed by atoms with Crippen LogP contribution in [0.1, 0.15) is 5.56 Å². The Morgan fingerprint density at radius 1 is 1.10 bits per heavy atom. The molecule has 0 aliphatic rings. The van der Waals surface area contributed by atoms with Gasteiger partial charge in [-0.05, 0) is 42.8 Å². The van der Waals surface area contributed by atoms with E-state index in [2.05, 4.69) is 20.4 Å². The number of anilines is 1. The minimum atomic E-state index is 0.505. The first-order valence-electron chi connectivity index (χ1n) is 6.31. The smallest absolute Gasteiger partial charge is 0.258 e. The number of hydrogen-bond acceptors (Lipinski definition) is 5. The molecular formula is C15H14N4O. The molecule has 0 amide bonds. The SMILES string of the molecule is CNc1ccc(-c2nc(-c3cnccc3C)no2)cc1. The predicted octanol–water partition coefficient (Wildman–Crippen LogP) is 3.15. The Morgan fingerprint density at radius 3 is 2.60 bits per heavy atom. The van der Waals surface area contributed by atoms with Crippen LogP contribution < -0.4 is 5.32 Å². The lowest BCUT2D eigenvalue weighted by Crippen LogP contribution is -1.88. The van der Waals surface area contributed by atoms with Gasteiger partial charge in [-0.25, -0.2) is 0 Å². The van der Waals surface area contributed by atoms with E-state index in [1.54, 1.807) is 12.4 Å². The number of benzene rings is 1. The number of aromatic nitrogens is 3. The molecule has 0 aliphatic heterocycles. The highest BCUT2D eigenvalue weighted by molar-refractivity contribution is 5.63. The van der Waals surface area contributed by atoms with Crippen molar-refractivity contribution in [2.24, 2.45) is 0 Å². The van der Waals surface area contributed by atoms with Gasteiger partial charge in [0.15, 0.2) is 0 Å². The Morgan fingerprint density at radius 2 is 1.90 bits per heavy atom. The molecule has 0 unspecified atom stereocenters. The summed E-state index contributed by atoms with van der Waals surface area (Å²) < 4.78 is 5.32. The lowest BCUT2D eigenvalue weighted by atomic mass is 10.1. The van der Waals surface area contributed by atoms with Gasteiger partial charge in [0.2, 0.25) is 5.82 Å². The molecule has 3 rings (SSSR count). The highest BCUT2D eigenvalue weighted by Gasteiger charge is 2.12. The van der Waals surface area contributed by atoms with Crippen molar-refractivity contribution in [2.45, 2.75) is 6.92 Å². The topological polar surface area (TPSA) is 63.8 Å². The number of rotatable bonds is 3. The molecule has 0 fully saturated rings. The second-order valence-corrected chi connectivity index (χ2v) is 4.44. The molecule has 0 atom stereocenters. The van der Waals surface area contributed by atoms with Crippen LogP contribution in [0.4, 0.5) is 5.69 Å². The molecule has 5 heteroatoms. The van der Waals surface area contributed by atoms with Gasteiger partial charge in [-0.3, -0.25) is 4.98 Å². The molecule has 0 spiro atoms. The Balaban J connectivity index is 1.95. The fourth-order valence-electron chi connectivity index (χ4n) is 1.93. The largest absolute Gasteiger partial charge is 0.388 e. The molecule has 0 saturated carbocycles. The Kier molecular flexibility index (Phi) is 3.16. The second-order valence-electron chi connectivity index (χ2n) is 4.44. The van der Waals surface area contributed by atoms with Gasteiger partial charge in [-0.1, -0.05) is 5.16 Å². The summed E-state index contributed by atoms with van der Waals surface area (Å²) in [7, 11) is 1.88. The lowest BCUT2D eigenvalue weighted by Gasteiger charge is -1.99. The zero-order chi connectivity index (χ0) is 13.9. The highest BCUT2D eigenvalue weighted by atomic mass is 16.5. The van der Waals surface area contributed by atoms with Crippen LogP contribution in [0.2, 0.25) is 0 Å². The van der Waals surface area contributed by atoms with Gasteiger partial charge in [0.05, 0.1) is 0 Å². The van der Waals surface area contributed by atoms with Gasteiger partial charge in [0.1, 0.15) is 0 Å². The maximum atomic E-state index is 5.32. The number of nitrogens with one attached hydrogen (secondary N) is 1. The average Bonchev–Trinajstić information content (AvgIpc) is 2.97. The summed E-state index contributed by atoms with van der Waals surface area (Å²) in [6.45, 7) is 1.99. The summed E-state index contributed by atoms with van der Waals surface area (Å²) >= 11 is 0. The average molecular weight is 266 g/mol. The van der Waals surface area contributed by atoms with Crippen molar-refractivity contribution in [1.29, 1.82) is 0 Å². The minimum Gasteiger partial charge on any atom is -0.388 e. The van der Waals surface area contributed by atoms with Gasteiger partial charge < -0.3 is 9.84 Å². The molecule has 0 bridgehead atoms. The fraction of sp³-hybridized carbons (Fsp3) is 0.133. The fourth-order valence-corrected chi connectivity index (χ4v) is 1.93. The molecule has 0 aliphatic carbocycles. The van der Waals surface area contributed by atoms with Crippen molar-refractivity contribution in [3.8, 4) is 22.8 Å². The van der Waals surface area contributed by atoms with Gasteiger partial charge in [0.25, 0.3) is 5.89 Å². The van der Waals surface area contributed by atoms with E-state index in [1.807, 2.05) is 44.3 Å². The first-order valence-corrected chi connectivity index (χ1v) is 6.31. The third-order valence-corrected chi connectivity index (χ3v) is 3.13. The second kappa shape index (κ2) is 5.13. The highest BCUT2D eigenvalue weighted by Crippen LogP contribution is 2.24. The molecule has 0 radical (unpaired) electrons. The van der Waals surface area contributed by atoms with Crippen molar-refractivity contribution in [1.82, 2.24) is 15.1 Å². The summed E-state index contributed by atoms with van der Waals surface area (Å²) in [4.78, 5) is 8.53. The Hall–Kier alpha value is -2.69. The standard InChI is InChI=1S/C15H14N4O/c1-10-7-8-17-9-13(10)14-18-15(20-19-14)11-3-5-12(16-2)6-4-11/h3-9,16H,1-2H3. The zero-order valence-electron chi connectivity index (χ0n) is 11.3. The summed E-state index contributed by atoms with van der Waals surface area (Å²) in [6, 6.07) is 9.74. The monoisotopic (exact) mass is 266 g/mol. The quantitative estimate of drug-likeness (QED) is 0.789. The van der Waals surface area contributed by atoms with E-state index in [4.69, 9.17) is 4.52 Å². The number of nitrogens with zero attached hydrogens (tertiary/aromatic N) is 3. The molecule has 20 heavy (non-hydrogen) atoms. The zero-order valence-corrected chi connectivity index (χ0v) is 11.3.